The van der Waals surface area contributed by atoms with Gasteiger partial charge in [-0.05, 0) is 70.1 Å². The van der Waals surface area contributed by atoms with Crippen molar-refractivity contribution in [1.82, 2.24) is 0 Å². The average Bonchev–Trinajstić information content (AvgIpc) is 3.75. The van der Waals surface area contributed by atoms with Crippen molar-refractivity contribution < 1.29 is 4.42 Å². The van der Waals surface area contributed by atoms with Crippen molar-refractivity contribution in [3.8, 4) is 22.3 Å². The molecule has 0 aliphatic carbocycles. The van der Waals surface area contributed by atoms with E-state index in [1.165, 1.54) is 42.4 Å². The van der Waals surface area contributed by atoms with Crippen LogP contribution in [0.1, 0.15) is 36.6 Å². The van der Waals surface area contributed by atoms with Gasteiger partial charge in [0.25, 0.3) is 0 Å². The van der Waals surface area contributed by atoms with E-state index in [0.29, 0.717) is 0 Å². The molecule has 0 N–H and O–H groups in total. The van der Waals surface area contributed by atoms with E-state index in [0.717, 1.165) is 50.2 Å². The topological polar surface area (TPSA) is 37.9 Å². The summed E-state index contributed by atoms with van der Waals surface area (Å²) in [4.78, 5) is 11.1. The molecule has 0 saturated carbocycles. The fourth-order valence-corrected chi connectivity index (χ4v) is 9.32. The third-order valence-corrected chi connectivity index (χ3v) is 12.3. The van der Waals surface area contributed by atoms with Crippen LogP contribution in [0.3, 0.4) is 0 Å². The minimum atomic E-state index is -0.113. The molecule has 3 nitrogen and oxygen atoms in total. The Bertz CT molecular complexity index is 2890. The van der Waals surface area contributed by atoms with Gasteiger partial charge in [-0.3, -0.25) is 4.99 Å². The second kappa shape index (κ2) is 12.8. The van der Waals surface area contributed by atoms with E-state index in [9.17, 15) is 0 Å². The minimum absolute atomic E-state index is 0.107. The number of para-hydroxylation sites is 1. The highest BCUT2D eigenvalue weighted by molar-refractivity contribution is 7.26. The SMILES string of the molecule is CC1C(c2ccc3c(c2)oc2ccccc23)=NC(c2cccc(-c3ccccc3)c2)=NC(c2cccc(-c3cccc4c3sc3ccccc34)c2)C1C. The van der Waals surface area contributed by atoms with Gasteiger partial charge < -0.3 is 4.42 Å². The highest BCUT2D eigenvalue weighted by atomic mass is 32.1. The van der Waals surface area contributed by atoms with Gasteiger partial charge in [-0.15, -0.1) is 11.3 Å². The number of rotatable bonds is 5. The Balaban J connectivity index is 1.12. The molecule has 53 heavy (non-hydrogen) atoms. The highest BCUT2D eigenvalue weighted by Gasteiger charge is 2.32. The van der Waals surface area contributed by atoms with Crippen LogP contribution in [0.2, 0.25) is 0 Å². The van der Waals surface area contributed by atoms with E-state index in [1.54, 1.807) is 0 Å². The molecule has 9 aromatic rings. The summed E-state index contributed by atoms with van der Waals surface area (Å²) in [5, 5.41) is 4.87. The third-order valence-electron chi connectivity index (χ3n) is 11.1. The Morgan fingerprint density at radius 3 is 2.11 bits per heavy atom. The molecular weight excluding hydrogens is 665 g/mol. The van der Waals surface area contributed by atoms with Crippen molar-refractivity contribution in [2.45, 2.75) is 19.9 Å². The molecule has 10 rings (SSSR count). The van der Waals surface area contributed by atoms with E-state index in [-0.39, 0.29) is 17.9 Å². The van der Waals surface area contributed by atoms with Crippen molar-refractivity contribution in [1.29, 1.82) is 0 Å². The lowest BCUT2D eigenvalue weighted by Crippen LogP contribution is -2.23. The van der Waals surface area contributed by atoms with Gasteiger partial charge in [0.2, 0.25) is 0 Å². The first-order valence-electron chi connectivity index (χ1n) is 18.3. The normalized spacial score (nSPS) is 17.7. The van der Waals surface area contributed by atoms with Crippen LogP contribution in [0.4, 0.5) is 0 Å². The van der Waals surface area contributed by atoms with Crippen LogP contribution in [0, 0.1) is 11.8 Å². The molecule has 0 spiro atoms. The van der Waals surface area contributed by atoms with Gasteiger partial charge in [0, 0.05) is 48.0 Å². The zero-order valence-electron chi connectivity index (χ0n) is 29.5. The van der Waals surface area contributed by atoms with E-state index in [2.05, 4.69) is 166 Å². The number of hydrogen-bond acceptors (Lipinski definition) is 4. The number of thiophene rings is 1. The van der Waals surface area contributed by atoms with E-state index in [1.807, 2.05) is 23.5 Å². The fourth-order valence-electron chi connectivity index (χ4n) is 8.08. The van der Waals surface area contributed by atoms with E-state index in [4.69, 9.17) is 14.4 Å². The average molecular weight is 701 g/mol. The molecule has 4 heteroatoms. The zero-order chi connectivity index (χ0) is 35.5. The van der Waals surface area contributed by atoms with Crippen LogP contribution in [-0.2, 0) is 0 Å². The van der Waals surface area contributed by atoms with Crippen LogP contribution in [0.5, 0.6) is 0 Å². The number of fused-ring (bicyclic) bond motifs is 6. The van der Waals surface area contributed by atoms with Crippen molar-refractivity contribution in [3.63, 3.8) is 0 Å². The summed E-state index contributed by atoms with van der Waals surface area (Å²) in [5.41, 5.74) is 10.8. The molecule has 0 radical (unpaired) electrons. The Kier molecular flexibility index (Phi) is 7.66. The summed E-state index contributed by atoms with van der Waals surface area (Å²) in [5.74, 6) is 1.01. The second-order valence-electron chi connectivity index (χ2n) is 14.2. The largest absolute Gasteiger partial charge is 0.456 e. The summed E-state index contributed by atoms with van der Waals surface area (Å²) >= 11 is 1.87. The maximum atomic E-state index is 6.36. The quantitative estimate of drug-likeness (QED) is 0.176. The number of aliphatic imine (C=N–C) groups is 2. The highest BCUT2D eigenvalue weighted by Crippen LogP contribution is 2.42. The molecule has 2 aromatic heterocycles. The first kappa shape index (κ1) is 31.6. The first-order valence-corrected chi connectivity index (χ1v) is 19.2. The number of nitrogens with zero attached hydrogens (tertiary/aromatic N) is 2. The van der Waals surface area contributed by atoms with Crippen molar-refractivity contribution in [2.24, 2.45) is 21.8 Å². The molecule has 0 bridgehead atoms. The number of benzene rings is 7. The summed E-state index contributed by atoms with van der Waals surface area (Å²) in [7, 11) is 0. The number of furan rings is 1. The van der Waals surface area contributed by atoms with Gasteiger partial charge >= 0.3 is 0 Å². The molecule has 1 aliphatic heterocycles. The fraction of sp³-hybridized carbons (Fsp3) is 0.102. The molecule has 1 aliphatic rings. The molecule has 3 heterocycles. The zero-order valence-corrected chi connectivity index (χ0v) is 30.3. The summed E-state index contributed by atoms with van der Waals surface area (Å²) in [6, 6.07) is 58.3. The molecular formula is C49H36N2OS. The van der Waals surface area contributed by atoms with Gasteiger partial charge in [-0.25, -0.2) is 4.99 Å². The van der Waals surface area contributed by atoms with Crippen LogP contribution < -0.4 is 0 Å². The predicted octanol–water partition coefficient (Wildman–Crippen LogP) is 13.6. The van der Waals surface area contributed by atoms with Gasteiger partial charge in [0.15, 0.2) is 5.84 Å². The minimum Gasteiger partial charge on any atom is -0.456 e. The summed E-state index contributed by atoms with van der Waals surface area (Å²) < 4.78 is 9.00. The lowest BCUT2D eigenvalue weighted by atomic mass is 9.80. The first-order chi connectivity index (χ1) is 26.1. The smallest absolute Gasteiger partial charge is 0.155 e. The van der Waals surface area contributed by atoms with Gasteiger partial charge in [-0.2, -0.15) is 0 Å². The third kappa shape index (κ3) is 5.49. The monoisotopic (exact) mass is 700 g/mol. The van der Waals surface area contributed by atoms with Crippen LogP contribution in [0.15, 0.2) is 178 Å². The van der Waals surface area contributed by atoms with Crippen molar-refractivity contribution in [2.75, 3.05) is 0 Å². The Morgan fingerprint density at radius 2 is 1.21 bits per heavy atom. The Labute approximate surface area is 312 Å². The van der Waals surface area contributed by atoms with Gasteiger partial charge in [0.1, 0.15) is 11.2 Å². The van der Waals surface area contributed by atoms with Crippen LogP contribution in [0.25, 0.3) is 64.4 Å². The van der Waals surface area contributed by atoms with Gasteiger partial charge in [-0.1, -0.05) is 141 Å². The molecule has 0 amide bonds. The Morgan fingerprint density at radius 1 is 0.509 bits per heavy atom. The van der Waals surface area contributed by atoms with E-state index < -0.39 is 0 Å². The molecule has 0 fully saturated rings. The molecule has 254 valence electrons. The van der Waals surface area contributed by atoms with Gasteiger partial charge in [0.05, 0.1) is 11.8 Å². The standard InChI is InChI=1S/C49H36N2OS/c1-30-31(2)47(36-25-26-40-39-19-6-8-23-43(39)52-44(40)29-36)51-49(37-18-10-15-33(27-37)32-13-4-3-5-14-32)50-46(30)35-17-11-16-34(28-35)38-21-12-22-42-41-20-7-9-24-45(41)53-48(38)42/h3-31,46H,1-2H3. The molecule has 3 atom stereocenters. The van der Waals surface area contributed by atoms with Crippen LogP contribution >= 0.6 is 11.3 Å². The van der Waals surface area contributed by atoms with Crippen LogP contribution in [-0.4, -0.2) is 11.5 Å². The van der Waals surface area contributed by atoms with Crippen molar-refractivity contribution >= 4 is 65.0 Å². The molecule has 7 aromatic carbocycles. The predicted molar refractivity (Wildman–Crippen MR) is 225 cm³/mol. The maximum absolute atomic E-state index is 6.36. The lowest BCUT2D eigenvalue weighted by molar-refractivity contribution is 0.406. The van der Waals surface area contributed by atoms with E-state index >= 15 is 0 Å². The maximum Gasteiger partial charge on any atom is 0.155 e. The number of amidine groups is 1. The second-order valence-corrected chi connectivity index (χ2v) is 15.3. The molecule has 3 unspecified atom stereocenters. The Hall–Kier alpha value is -6.10. The summed E-state index contributed by atoms with van der Waals surface area (Å²) in [6.07, 6.45) is 0. The summed E-state index contributed by atoms with van der Waals surface area (Å²) in [6.45, 7) is 4.64. The molecule has 0 saturated heterocycles. The van der Waals surface area contributed by atoms with Crippen molar-refractivity contribution in [3.05, 3.63) is 180 Å². The lowest BCUT2D eigenvalue weighted by Gasteiger charge is -2.26. The number of hydrogen-bond donors (Lipinski definition) is 0.